The van der Waals surface area contributed by atoms with Crippen LogP contribution in [0.3, 0.4) is 0 Å². The predicted octanol–water partition coefficient (Wildman–Crippen LogP) is 1.99. The second-order valence-corrected chi connectivity index (χ2v) is 9.46. The smallest absolute Gasteiger partial charge is 0.315 e. The van der Waals surface area contributed by atoms with Gasteiger partial charge in [0.05, 0.1) is 6.54 Å². The Bertz CT molecular complexity index is 563. The molecule has 0 amide bonds. The van der Waals surface area contributed by atoms with Gasteiger partial charge in [-0.25, -0.2) is 0 Å². The van der Waals surface area contributed by atoms with Crippen LogP contribution in [0.4, 0.5) is 0 Å². The third-order valence-electron chi connectivity index (χ3n) is 7.21. The number of hydrogen-bond acceptors (Lipinski definition) is 3. The molecule has 2 saturated heterocycles. The summed E-state index contributed by atoms with van der Waals surface area (Å²) < 4.78 is 11.8. The topological polar surface area (TPSA) is 40.0 Å². The van der Waals surface area contributed by atoms with Crippen molar-refractivity contribution in [2.24, 2.45) is 23.2 Å². The quantitative estimate of drug-likeness (QED) is 0.613. The molecule has 2 aliphatic heterocycles. The summed E-state index contributed by atoms with van der Waals surface area (Å²) in [6.45, 7) is 11.9. The number of fused-ring (bicyclic) bond motifs is 2. The Kier molecular flexibility index (Phi) is 4.48. The van der Waals surface area contributed by atoms with Crippen molar-refractivity contribution in [1.29, 1.82) is 0 Å². The first-order valence-corrected chi connectivity index (χ1v) is 10.3. The second-order valence-electron chi connectivity index (χ2n) is 9.46. The van der Waals surface area contributed by atoms with Crippen molar-refractivity contribution in [1.82, 2.24) is 0 Å². The standard InChI is InChI=1S/C21H33NO3/c1-13-6-5-7-21(4)9-19-16(8-18(13)21)17(20(23)25-19)12-22-10-14(2)24-15(3)11-22/h8,13-17,19H,5-7,9-12H2,1-4H3/p+1/t13-,14-,15+,16+,17+,19+,21+/m0/s1. The third-order valence-corrected chi connectivity index (χ3v) is 7.21. The Morgan fingerprint density at radius 3 is 2.68 bits per heavy atom. The number of morpholine rings is 1. The molecular formula is C21H34NO3+. The van der Waals surface area contributed by atoms with Gasteiger partial charge in [-0.3, -0.25) is 4.79 Å². The molecule has 0 bridgehead atoms. The molecule has 140 valence electrons. The molecule has 0 aromatic carbocycles. The van der Waals surface area contributed by atoms with E-state index in [0.717, 1.165) is 26.1 Å². The fourth-order valence-corrected chi connectivity index (χ4v) is 6.15. The molecule has 0 aromatic rings. The lowest BCUT2D eigenvalue weighted by Gasteiger charge is -2.46. The zero-order chi connectivity index (χ0) is 17.8. The maximum absolute atomic E-state index is 12.7. The van der Waals surface area contributed by atoms with Gasteiger partial charge >= 0.3 is 5.97 Å². The summed E-state index contributed by atoms with van der Waals surface area (Å²) in [5, 5.41) is 0. The molecular weight excluding hydrogens is 314 g/mol. The first-order valence-electron chi connectivity index (χ1n) is 10.3. The minimum absolute atomic E-state index is 0.0312. The van der Waals surface area contributed by atoms with Crippen LogP contribution in [0.5, 0.6) is 0 Å². The van der Waals surface area contributed by atoms with Crippen LogP contribution in [0.25, 0.3) is 0 Å². The number of carbonyl (C=O) groups excluding carboxylic acids is 1. The zero-order valence-electron chi connectivity index (χ0n) is 16.2. The molecule has 0 aromatic heterocycles. The van der Waals surface area contributed by atoms with E-state index in [1.165, 1.54) is 24.2 Å². The van der Waals surface area contributed by atoms with Crippen molar-refractivity contribution < 1.29 is 19.2 Å². The third kappa shape index (κ3) is 3.16. The number of rotatable bonds is 2. The average Bonchev–Trinajstić information content (AvgIpc) is 2.79. The predicted molar refractivity (Wildman–Crippen MR) is 96.3 cm³/mol. The fourth-order valence-electron chi connectivity index (χ4n) is 6.15. The number of carbonyl (C=O) groups is 1. The highest BCUT2D eigenvalue weighted by atomic mass is 16.6. The summed E-state index contributed by atoms with van der Waals surface area (Å²) in [7, 11) is 0. The molecule has 4 heteroatoms. The molecule has 1 N–H and O–H groups in total. The molecule has 2 aliphatic carbocycles. The molecule has 1 unspecified atom stereocenters. The van der Waals surface area contributed by atoms with E-state index in [1.807, 2.05) is 0 Å². The Morgan fingerprint density at radius 2 is 1.96 bits per heavy atom. The summed E-state index contributed by atoms with van der Waals surface area (Å²) in [5.41, 5.74) is 1.87. The van der Waals surface area contributed by atoms with E-state index in [4.69, 9.17) is 9.47 Å². The fraction of sp³-hybridized carbons (Fsp3) is 0.857. The molecule has 2 heterocycles. The lowest BCUT2D eigenvalue weighted by Crippen LogP contribution is -3.16. The van der Waals surface area contributed by atoms with Crippen LogP contribution in [0.1, 0.15) is 53.4 Å². The Morgan fingerprint density at radius 1 is 1.24 bits per heavy atom. The number of hydrogen-bond donors (Lipinski definition) is 1. The van der Waals surface area contributed by atoms with Crippen molar-refractivity contribution in [2.45, 2.75) is 71.7 Å². The lowest BCUT2D eigenvalue weighted by molar-refractivity contribution is -0.917. The Hall–Kier alpha value is -0.870. The highest BCUT2D eigenvalue weighted by Gasteiger charge is 2.53. The van der Waals surface area contributed by atoms with Crippen LogP contribution in [-0.4, -0.2) is 43.9 Å². The SMILES string of the molecule is C[C@@H]1C[NH+](C[C@H]2C(=O)O[C@@H]3C[C@@]4(C)CCC[C@H](C)C4=C[C@@H]32)C[C@H](C)O1. The number of esters is 1. The minimum Gasteiger partial charge on any atom is -0.461 e. The molecule has 4 aliphatic rings. The second kappa shape index (κ2) is 6.38. The average molecular weight is 349 g/mol. The zero-order valence-corrected chi connectivity index (χ0v) is 16.2. The number of quaternary nitrogens is 1. The summed E-state index contributed by atoms with van der Waals surface area (Å²) in [4.78, 5) is 14.2. The summed E-state index contributed by atoms with van der Waals surface area (Å²) in [6.07, 6.45) is 8.00. The van der Waals surface area contributed by atoms with Gasteiger partial charge in [0.15, 0.2) is 0 Å². The van der Waals surface area contributed by atoms with Crippen LogP contribution < -0.4 is 4.90 Å². The van der Waals surface area contributed by atoms with E-state index in [-0.39, 0.29) is 41.5 Å². The van der Waals surface area contributed by atoms with Crippen molar-refractivity contribution in [2.75, 3.05) is 19.6 Å². The molecule has 1 saturated carbocycles. The van der Waals surface area contributed by atoms with Gasteiger partial charge in [-0.05, 0) is 44.4 Å². The molecule has 0 radical (unpaired) electrons. The van der Waals surface area contributed by atoms with Gasteiger partial charge in [-0.15, -0.1) is 0 Å². The molecule has 0 spiro atoms. The van der Waals surface area contributed by atoms with E-state index < -0.39 is 0 Å². The molecule has 8 atom stereocenters. The molecule has 4 nitrogen and oxygen atoms in total. The van der Waals surface area contributed by atoms with Gasteiger partial charge < -0.3 is 14.4 Å². The van der Waals surface area contributed by atoms with Gasteiger partial charge in [0, 0.05) is 5.92 Å². The Balaban J connectivity index is 1.55. The lowest BCUT2D eigenvalue weighted by atomic mass is 9.59. The van der Waals surface area contributed by atoms with Gasteiger partial charge in [-0.1, -0.05) is 31.9 Å². The van der Waals surface area contributed by atoms with Gasteiger partial charge in [0.25, 0.3) is 0 Å². The molecule has 4 rings (SSSR count). The van der Waals surface area contributed by atoms with Gasteiger partial charge in [0.2, 0.25) is 0 Å². The van der Waals surface area contributed by atoms with E-state index in [1.54, 1.807) is 5.57 Å². The van der Waals surface area contributed by atoms with Crippen LogP contribution >= 0.6 is 0 Å². The summed E-state index contributed by atoms with van der Waals surface area (Å²) in [5.74, 6) is 1.02. The van der Waals surface area contributed by atoms with Crippen LogP contribution in [-0.2, 0) is 14.3 Å². The number of allylic oxidation sites excluding steroid dienone is 1. The van der Waals surface area contributed by atoms with Crippen molar-refractivity contribution in [3.8, 4) is 0 Å². The van der Waals surface area contributed by atoms with Crippen molar-refractivity contribution in [3.05, 3.63) is 11.6 Å². The van der Waals surface area contributed by atoms with Crippen molar-refractivity contribution >= 4 is 5.97 Å². The first kappa shape index (κ1) is 17.5. The maximum atomic E-state index is 12.7. The maximum Gasteiger partial charge on any atom is 0.315 e. The highest BCUT2D eigenvalue weighted by molar-refractivity contribution is 5.76. The normalized spacial score (nSPS) is 49.8. The van der Waals surface area contributed by atoms with Crippen molar-refractivity contribution in [3.63, 3.8) is 0 Å². The number of ether oxygens (including phenoxy) is 2. The van der Waals surface area contributed by atoms with E-state index >= 15 is 0 Å². The van der Waals surface area contributed by atoms with E-state index in [9.17, 15) is 4.79 Å². The van der Waals surface area contributed by atoms with E-state index in [0.29, 0.717) is 5.92 Å². The highest BCUT2D eigenvalue weighted by Crippen LogP contribution is 2.53. The largest absolute Gasteiger partial charge is 0.461 e. The van der Waals surface area contributed by atoms with E-state index in [2.05, 4.69) is 33.8 Å². The van der Waals surface area contributed by atoms with Crippen LogP contribution in [0.15, 0.2) is 11.6 Å². The molecule has 25 heavy (non-hydrogen) atoms. The van der Waals surface area contributed by atoms with Gasteiger partial charge in [-0.2, -0.15) is 0 Å². The number of nitrogens with one attached hydrogen (secondary N) is 1. The van der Waals surface area contributed by atoms with Crippen LogP contribution in [0, 0.1) is 23.2 Å². The Labute approximate surface area is 151 Å². The monoisotopic (exact) mass is 348 g/mol. The van der Waals surface area contributed by atoms with Gasteiger partial charge in [0.1, 0.15) is 37.3 Å². The molecule has 3 fully saturated rings. The summed E-state index contributed by atoms with van der Waals surface area (Å²) >= 11 is 0. The first-order chi connectivity index (χ1) is 11.9. The van der Waals surface area contributed by atoms with Crippen LogP contribution in [0.2, 0.25) is 0 Å². The minimum atomic E-state index is 0.0312. The summed E-state index contributed by atoms with van der Waals surface area (Å²) in [6, 6.07) is 0.